The van der Waals surface area contributed by atoms with Crippen LogP contribution < -0.4 is 10.6 Å². The number of amides is 2. The van der Waals surface area contributed by atoms with E-state index in [9.17, 15) is 9.59 Å². The number of anilines is 1. The van der Waals surface area contributed by atoms with Gasteiger partial charge in [0.15, 0.2) is 5.78 Å². The molecule has 1 aliphatic carbocycles. The molecule has 1 aromatic rings. The van der Waals surface area contributed by atoms with Gasteiger partial charge in [-0.3, -0.25) is 4.79 Å². The van der Waals surface area contributed by atoms with Gasteiger partial charge in [-0.2, -0.15) is 0 Å². The number of carbonyl (C=O) groups excluding carboxylic acids is 2. The number of Topliss-reactive ketones (excluding diaryl/α,β-unsaturated/α-hetero) is 1. The molecule has 1 aliphatic rings. The molecular formula is C13H16N2O2. The van der Waals surface area contributed by atoms with Crippen molar-refractivity contribution in [3.05, 3.63) is 29.8 Å². The molecule has 2 rings (SSSR count). The number of carbonyl (C=O) groups is 2. The van der Waals surface area contributed by atoms with Crippen molar-refractivity contribution in [3.8, 4) is 0 Å². The Balaban J connectivity index is 1.84. The first kappa shape index (κ1) is 11.6. The van der Waals surface area contributed by atoms with Gasteiger partial charge in [0, 0.05) is 17.8 Å². The summed E-state index contributed by atoms with van der Waals surface area (Å²) in [6, 6.07) is 6.69. The lowest BCUT2D eigenvalue weighted by Crippen LogP contribution is -2.30. The highest BCUT2D eigenvalue weighted by Gasteiger charge is 2.21. The Kier molecular flexibility index (Phi) is 3.42. The van der Waals surface area contributed by atoms with E-state index in [0.29, 0.717) is 17.2 Å². The molecule has 2 N–H and O–H groups in total. The van der Waals surface area contributed by atoms with Gasteiger partial charge >= 0.3 is 6.03 Å². The Labute approximate surface area is 100 Å². The quantitative estimate of drug-likeness (QED) is 0.783. The Morgan fingerprint density at radius 2 is 1.88 bits per heavy atom. The van der Waals surface area contributed by atoms with Gasteiger partial charge in [0.25, 0.3) is 0 Å². The largest absolute Gasteiger partial charge is 0.338 e. The van der Waals surface area contributed by atoms with E-state index in [4.69, 9.17) is 0 Å². The maximum absolute atomic E-state index is 11.5. The average Bonchev–Trinajstić information content (AvgIpc) is 3.11. The zero-order chi connectivity index (χ0) is 12.3. The molecule has 4 heteroatoms. The maximum atomic E-state index is 11.5. The van der Waals surface area contributed by atoms with Crippen LogP contribution in [-0.4, -0.2) is 18.4 Å². The van der Waals surface area contributed by atoms with Crippen LogP contribution in [0.2, 0.25) is 0 Å². The summed E-state index contributed by atoms with van der Waals surface area (Å²) in [6.07, 6.45) is 2.43. The Bertz CT molecular complexity index is 422. The van der Waals surface area contributed by atoms with Crippen molar-refractivity contribution in [2.75, 3.05) is 11.9 Å². The topological polar surface area (TPSA) is 58.2 Å². The Hall–Kier alpha value is -1.84. The van der Waals surface area contributed by atoms with Crippen LogP contribution in [0.15, 0.2) is 24.3 Å². The number of urea groups is 1. The smallest absolute Gasteiger partial charge is 0.319 e. The molecule has 0 atom stereocenters. The van der Waals surface area contributed by atoms with Gasteiger partial charge in [-0.25, -0.2) is 4.79 Å². The first-order chi connectivity index (χ1) is 8.15. The van der Waals surface area contributed by atoms with Crippen molar-refractivity contribution in [1.82, 2.24) is 5.32 Å². The second kappa shape index (κ2) is 4.99. The predicted molar refractivity (Wildman–Crippen MR) is 66.2 cm³/mol. The molecular weight excluding hydrogens is 216 g/mol. The van der Waals surface area contributed by atoms with Crippen molar-refractivity contribution in [3.63, 3.8) is 0 Å². The zero-order valence-electron chi connectivity index (χ0n) is 9.82. The molecule has 2 amide bonds. The molecule has 0 saturated heterocycles. The molecule has 1 aromatic carbocycles. The van der Waals surface area contributed by atoms with Crippen LogP contribution in [0, 0.1) is 5.92 Å². The molecule has 90 valence electrons. The Morgan fingerprint density at radius 1 is 1.24 bits per heavy atom. The first-order valence-corrected chi connectivity index (χ1v) is 5.81. The van der Waals surface area contributed by atoms with Crippen LogP contribution in [-0.2, 0) is 0 Å². The summed E-state index contributed by atoms with van der Waals surface area (Å²) in [5.74, 6) is 0.690. The van der Waals surface area contributed by atoms with E-state index in [0.717, 1.165) is 6.54 Å². The molecule has 0 aliphatic heterocycles. The van der Waals surface area contributed by atoms with Gasteiger partial charge in [-0.05, 0) is 49.9 Å². The minimum Gasteiger partial charge on any atom is -0.338 e. The number of hydrogen-bond acceptors (Lipinski definition) is 2. The fourth-order valence-corrected chi connectivity index (χ4v) is 1.52. The van der Waals surface area contributed by atoms with Gasteiger partial charge < -0.3 is 10.6 Å². The summed E-state index contributed by atoms with van der Waals surface area (Å²) in [7, 11) is 0. The van der Waals surface area contributed by atoms with Crippen LogP contribution in [0.4, 0.5) is 10.5 Å². The van der Waals surface area contributed by atoms with Crippen molar-refractivity contribution in [1.29, 1.82) is 0 Å². The van der Waals surface area contributed by atoms with Gasteiger partial charge in [-0.15, -0.1) is 0 Å². The fraction of sp³-hybridized carbons (Fsp3) is 0.385. The molecule has 0 spiro atoms. The van der Waals surface area contributed by atoms with E-state index in [1.807, 2.05) is 0 Å². The molecule has 0 bridgehead atoms. The van der Waals surface area contributed by atoms with Crippen LogP contribution in [0.3, 0.4) is 0 Å². The molecule has 1 fully saturated rings. The molecule has 4 nitrogen and oxygen atoms in total. The molecule has 0 unspecified atom stereocenters. The molecule has 0 heterocycles. The summed E-state index contributed by atoms with van der Waals surface area (Å²) < 4.78 is 0. The number of hydrogen-bond donors (Lipinski definition) is 2. The number of ketones is 1. The molecule has 1 saturated carbocycles. The third-order valence-electron chi connectivity index (χ3n) is 2.80. The molecule has 0 aromatic heterocycles. The number of benzene rings is 1. The van der Waals surface area contributed by atoms with E-state index in [1.165, 1.54) is 19.8 Å². The van der Waals surface area contributed by atoms with E-state index >= 15 is 0 Å². The minimum absolute atomic E-state index is 0.0229. The van der Waals surface area contributed by atoms with E-state index in [2.05, 4.69) is 10.6 Å². The summed E-state index contributed by atoms with van der Waals surface area (Å²) in [5.41, 5.74) is 1.34. The minimum atomic E-state index is -0.188. The summed E-state index contributed by atoms with van der Waals surface area (Å²) in [4.78, 5) is 22.5. The Morgan fingerprint density at radius 3 is 2.41 bits per heavy atom. The van der Waals surface area contributed by atoms with Gasteiger partial charge in [0.05, 0.1) is 0 Å². The second-order valence-corrected chi connectivity index (χ2v) is 4.41. The monoisotopic (exact) mass is 232 g/mol. The third kappa shape index (κ3) is 3.59. The maximum Gasteiger partial charge on any atom is 0.319 e. The van der Waals surface area contributed by atoms with Crippen LogP contribution in [0.1, 0.15) is 30.1 Å². The zero-order valence-corrected chi connectivity index (χ0v) is 9.82. The van der Waals surface area contributed by atoms with Gasteiger partial charge in [0.2, 0.25) is 0 Å². The molecule has 17 heavy (non-hydrogen) atoms. The molecule has 0 radical (unpaired) electrons. The van der Waals surface area contributed by atoms with Crippen LogP contribution in [0.5, 0.6) is 0 Å². The lowest BCUT2D eigenvalue weighted by atomic mass is 10.1. The standard InChI is InChI=1S/C13H16N2O2/c1-9(16)11-4-6-12(7-5-11)15-13(17)14-8-10-2-3-10/h4-7,10H,2-3,8H2,1H3,(H2,14,15,17). The van der Waals surface area contributed by atoms with Crippen LogP contribution in [0.25, 0.3) is 0 Å². The first-order valence-electron chi connectivity index (χ1n) is 5.81. The van der Waals surface area contributed by atoms with Crippen molar-refractivity contribution < 1.29 is 9.59 Å². The lowest BCUT2D eigenvalue weighted by molar-refractivity contribution is 0.101. The highest BCUT2D eigenvalue weighted by Crippen LogP contribution is 2.27. The predicted octanol–water partition coefficient (Wildman–Crippen LogP) is 2.42. The van der Waals surface area contributed by atoms with Crippen molar-refractivity contribution in [2.45, 2.75) is 19.8 Å². The normalized spacial score (nSPS) is 14.2. The van der Waals surface area contributed by atoms with E-state index in [-0.39, 0.29) is 11.8 Å². The van der Waals surface area contributed by atoms with Gasteiger partial charge in [0.1, 0.15) is 0 Å². The third-order valence-corrected chi connectivity index (χ3v) is 2.80. The van der Waals surface area contributed by atoms with E-state index < -0.39 is 0 Å². The fourth-order valence-electron chi connectivity index (χ4n) is 1.52. The second-order valence-electron chi connectivity index (χ2n) is 4.41. The van der Waals surface area contributed by atoms with Crippen LogP contribution >= 0.6 is 0 Å². The highest BCUT2D eigenvalue weighted by atomic mass is 16.2. The van der Waals surface area contributed by atoms with Crippen molar-refractivity contribution >= 4 is 17.5 Å². The summed E-state index contributed by atoms with van der Waals surface area (Å²) in [6.45, 7) is 2.27. The number of nitrogens with one attached hydrogen (secondary N) is 2. The highest BCUT2D eigenvalue weighted by molar-refractivity contribution is 5.95. The summed E-state index contributed by atoms with van der Waals surface area (Å²) in [5, 5.41) is 5.54. The van der Waals surface area contributed by atoms with E-state index in [1.54, 1.807) is 24.3 Å². The number of rotatable bonds is 4. The van der Waals surface area contributed by atoms with Gasteiger partial charge in [-0.1, -0.05) is 0 Å². The SMILES string of the molecule is CC(=O)c1ccc(NC(=O)NCC2CC2)cc1. The van der Waals surface area contributed by atoms with Crippen molar-refractivity contribution in [2.24, 2.45) is 5.92 Å². The lowest BCUT2D eigenvalue weighted by Gasteiger charge is -2.07. The summed E-state index contributed by atoms with van der Waals surface area (Å²) >= 11 is 0. The average molecular weight is 232 g/mol.